The average Bonchev–Trinajstić information content (AvgIpc) is 2.77. The second-order valence-electron chi connectivity index (χ2n) is 6.94. The summed E-state index contributed by atoms with van der Waals surface area (Å²) in [5.41, 5.74) is 2.83. The van der Waals surface area contributed by atoms with Crippen LogP contribution in [0.1, 0.15) is 35.6 Å². The van der Waals surface area contributed by atoms with Gasteiger partial charge in [0, 0.05) is 6.08 Å². The normalized spacial score (nSPS) is 15.4. The van der Waals surface area contributed by atoms with Crippen molar-refractivity contribution in [3.8, 4) is 11.5 Å². The van der Waals surface area contributed by atoms with E-state index in [0.29, 0.717) is 5.56 Å². The lowest BCUT2D eigenvalue weighted by Gasteiger charge is -2.26. The summed E-state index contributed by atoms with van der Waals surface area (Å²) in [6, 6.07) is 12.1. The fourth-order valence-electron chi connectivity index (χ4n) is 3.47. The lowest BCUT2D eigenvalue weighted by molar-refractivity contribution is -0.144. The fraction of sp³-hybridized carbons (Fsp3) is 0.304. The molecule has 0 radical (unpaired) electrons. The van der Waals surface area contributed by atoms with Gasteiger partial charge in [-0.2, -0.15) is 8.78 Å². The predicted octanol–water partition coefficient (Wildman–Crippen LogP) is 4.05. The highest BCUT2D eigenvalue weighted by molar-refractivity contribution is 5.89. The number of alkyl halides is 2. The van der Waals surface area contributed by atoms with E-state index in [1.807, 2.05) is 18.2 Å². The molecule has 0 aliphatic heterocycles. The fourth-order valence-corrected chi connectivity index (χ4v) is 3.47. The van der Waals surface area contributed by atoms with Crippen molar-refractivity contribution in [2.45, 2.75) is 31.9 Å². The summed E-state index contributed by atoms with van der Waals surface area (Å²) >= 11 is 0. The maximum atomic E-state index is 12.4. The van der Waals surface area contributed by atoms with Crippen LogP contribution in [-0.2, 0) is 20.7 Å². The van der Waals surface area contributed by atoms with Crippen molar-refractivity contribution in [3.63, 3.8) is 0 Å². The highest BCUT2D eigenvalue weighted by atomic mass is 19.3. The monoisotopic (exact) mass is 431 g/mol. The van der Waals surface area contributed by atoms with E-state index in [1.54, 1.807) is 0 Å². The Kier molecular flexibility index (Phi) is 7.59. The van der Waals surface area contributed by atoms with Gasteiger partial charge in [0.1, 0.15) is 0 Å². The summed E-state index contributed by atoms with van der Waals surface area (Å²) < 4.78 is 39.1. The smallest absolute Gasteiger partial charge is 0.387 e. The molecular formula is C23H23F2NO5. The number of fused-ring (bicyclic) bond motifs is 1. The largest absolute Gasteiger partial charge is 0.493 e. The van der Waals surface area contributed by atoms with Crippen LogP contribution in [-0.4, -0.2) is 32.2 Å². The molecule has 1 aliphatic rings. The zero-order chi connectivity index (χ0) is 22.2. The average molecular weight is 431 g/mol. The number of carbonyl (C=O) groups excluding carboxylic acids is 2. The number of aryl methyl sites for hydroxylation is 1. The van der Waals surface area contributed by atoms with Gasteiger partial charge in [0.2, 0.25) is 0 Å². The SMILES string of the molecule is COc1cc(/C=C/C(=O)OCC(=O)N[C@@H]2CCCc3ccccc32)ccc1OC(F)F. The molecule has 8 heteroatoms. The Morgan fingerprint density at radius 1 is 1.19 bits per heavy atom. The number of methoxy groups -OCH3 is 1. The van der Waals surface area contributed by atoms with Gasteiger partial charge >= 0.3 is 12.6 Å². The molecule has 1 atom stereocenters. The first kappa shape index (κ1) is 22.3. The minimum absolute atomic E-state index is 0.0897. The first-order valence-corrected chi connectivity index (χ1v) is 9.81. The van der Waals surface area contributed by atoms with E-state index in [4.69, 9.17) is 9.47 Å². The molecule has 2 aromatic carbocycles. The highest BCUT2D eigenvalue weighted by Gasteiger charge is 2.21. The van der Waals surface area contributed by atoms with Crippen LogP contribution in [0.15, 0.2) is 48.5 Å². The van der Waals surface area contributed by atoms with Crippen molar-refractivity contribution in [2.24, 2.45) is 0 Å². The number of amides is 1. The minimum atomic E-state index is -2.97. The summed E-state index contributed by atoms with van der Waals surface area (Å²) in [7, 11) is 1.32. The lowest BCUT2D eigenvalue weighted by atomic mass is 9.88. The third-order valence-electron chi connectivity index (χ3n) is 4.87. The predicted molar refractivity (Wildman–Crippen MR) is 110 cm³/mol. The molecular weight excluding hydrogens is 408 g/mol. The molecule has 0 saturated carbocycles. The second kappa shape index (κ2) is 10.6. The van der Waals surface area contributed by atoms with Crippen molar-refractivity contribution in [3.05, 3.63) is 65.2 Å². The number of ether oxygens (including phenoxy) is 3. The van der Waals surface area contributed by atoms with Crippen molar-refractivity contribution >= 4 is 18.0 Å². The molecule has 0 spiro atoms. The molecule has 0 aromatic heterocycles. The van der Waals surface area contributed by atoms with E-state index in [-0.39, 0.29) is 23.4 Å². The number of carbonyl (C=O) groups is 2. The quantitative estimate of drug-likeness (QED) is 0.504. The number of esters is 1. The van der Waals surface area contributed by atoms with Gasteiger partial charge in [0.15, 0.2) is 18.1 Å². The highest BCUT2D eigenvalue weighted by Crippen LogP contribution is 2.30. The van der Waals surface area contributed by atoms with Gasteiger partial charge in [-0.15, -0.1) is 0 Å². The van der Waals surface area contributed by atoms with Crippen LogP contribution in [0, 0.1) is 0 Å². The molecule has 164 valence electrons. The Bertz CT molecular complexity index is 961. The number of halogens is 2. The van der Waals surface area contributed by atoms with Gasteiger partial charge in [0.05, 0.1) is 13.2 Å². The zero-order valence-electron chi connectivity index (χ0n) is 17.0. The van der Waals surface area contributed by atoms with Crippen LogP contribution >= 0.6 is 0 Å². The molecule has 0 saturated heterocycles. The number of nitrogens with one attached hydrogen (secondary N) is 1. The molecule has 1 aliphatic carbocycles. The molecule has 31 heavy (non-hydrogen) atoms. The van der Waals surface area contributed by atoms with E-state index >= 15 is 0 Å². The zero-order valence-corrected chi connectivity index (χ0v) is 17.0. The van der Waals surface area contributed by atoms with E-state index in [0.717, 1.165) is 30.9 Å². The third-order valence-corrected chi connectivity index (χ3v) is 4.87. The van der Waals surface area contributed by atoms with E-state index < -0.39 is 19.2 Å². The Morgan fingerprint density at radius 3 is 2.77 bits per heavy atom. The van der Waals surface area contributed by atoms with E-state index in [9.17, 15) is 18.4 Å². The van der Waals surface area contributed by atoms with Crippen molar-refractivity contribution in [1.82, 2.24) is 5.32 Å². The summed E-state index contributed by atoms with van der Waals surface area (Å²) in [5.74, 6) is -1.09. The number of hydrogen-bond acceptors (Lipinski definition) is 5. The molecule has 1 amide bonds. The summed E-state index contributed by atoms with van der Waals surface area (Å²) in [4.78, 5) is 24.1. The van der Waals surface area contributed by atoms with Crippen LogP contribution in [0.2, 0.25) is 0 Å². The maximum absolute atomic E-state index is 12.4. The molecule has 2 aromatic rings. The van der Waals surface area contributed by atoms with Crippen molar-refractivity contribution < 1.29 is 32.6 Å². The molecule has 0 fully saturated rings. The summed E-state index contributed by atoms with van der Waals surface area (Å²) in [6.45, 7) is -3.37. The Labute approximate surface area is 178 Å². The minimum Gasteiger partial charge on any atom is -0.493 e. The van der Waals surface area contributed by atoms with Gasteiger partial charge in [0.25, 0.3) is 5.91 Å². The molecule has 0 heterocycles. The van der Waals surface area contributed by atoms with Crippen LogP contribution in [0.4, 0.5) is 8.78 Å². The summed E-state index contributed by atoms with van der Waals surface area (Å²) in [5, 5.41) is 2.91. The van der Waals surface area contributed by atoms with Crippen LogP contribution < -0.4 is 14.8 Å². The lowest BCUT2D eigenvalue weighted by Crippen LogP contribution is -2.34. The van der Waals surface area contributed by atoms with Gasteiger partial charge in [-0.3, -0.25) is 4.79 Å². The summed E-state index contributed by atoms with van der Waals surface area (Å²) in [6.07, 6.45) is 5.37. The standard InChI is InChI=1S/C23H23F2NO5/c1-29-20-13-15(9-11-19(20)31-23(24)25)10-12-22(28)30-14-21(27)26-18-8-4-6-16-5-2-3-7-17(16)18/h2-3,5,7,9-13,18,23H,4,6,8,14H2,1H3,(H,26,27)/b12-10+/t18-/m1/s1. The molecule has 1 N–H and O–H groups in total. The van der Waals surface area contributed by atoms with Crippen LogP contribution in [0.5, 0.6) is 11.5 Å². The third kappa shape index (κ3) is 6.28. The molecule has 3 rings (SSSR count). The van der Waals surface area contributed by atoms with Gasteiger partial charge in [-0.25, -0.2) is 4.79 Å². The maximum Gasteiger partial charge on any atom is 0.387 e. The first-order chi connectivity index (χ1) is 15.0. The van der Waals surface area contributed by atoms with E-state index in [1.165, 1.54) is 36.9 Å². The number of rotatable bonds is 8. The Hall–Kier alpha value is -3.42. The molecule has 0 bridgehead atoms. The molecule has 6 nitrogen and oxygen atoms in total. The van der Waals surface area contributed by atoms with E-state index in [2.05, 4.69) is 16.1 Å². The second-order valence-corrected chi connectivity index (χ2v) is 6.94. The van der Waals surface area contributed by atoms with Crippen LogP contribution in [0.3, 0.4) is 0 Å². The Balaban J connectivity index is 1.51. The van der Waals surface area contributed by atoms with Crippen molar-refractivity contribution in [2.75, 3.05) is 13.7 Å². The Morgan fingerprint density at radius 2 is 2.00 bits per heavy atom. The van der Waals surface area contributed by atoms with Crippen molar-refractivity contribution in [1.29, 1.82) is 0 Å². The number of hydrogen-bond donors (Lipinski definition) is 1. The van der Waals surface area contributed by atoms with Gasteiger partial charge in [-0.05, 0) is 54.2 Å². The first-order valence-electron chi connectivity index (χ1n) is 9.81. The molecule has 0 unspecified atom stereocenters. The van der Waals surface area contributed by atoms with Gasteiger partial charge < -0.3 is 19.5 Å². The van der Waals surface area contributed by atoms with Gasteiger partial charge in [-0.1, -0.05) is 30.3 Å². The van der Waals surface area contributed by atoms with Crippen LogP contribution in [0.25, 0.3) is 6.08 Å². The number of benzene rings is 2. The topological polar surface area (TPSA) is 73.9 Å².